The van der Waals surface area contributed by atoms with E-state index < -0.39 is 0 Å². The molecule has 1 aromatic rings. The molecule has 0 spiro atoms. The van der Waals surface area contributed by atoms with Gasteiger partial charge in [0, 0.05) is 13.1 Å². The summed E-state index contributed by atoms with van der Waals surface area (Å²) in [6.45, 7) is 3.38. The number of hydrogen-bond donors (Lipinski definition) is 1. The molecule has 0 saturated carbocycles. The van der Waals surface area contributed by atoms with Crippen LogP contribution in [-0.2, 0) is 0 Å². The van der Waals surface area contributed by atoms with Gasteiger partial charge in [-0.15, -0.1) is 0 Å². The van der Waals surface area contributed by atoms with Crippen molar-refractivity contribution >= 4 is 5.82 Å². The molecule has 1 aromatic heterocycles. The molecule has 86 valence electrons. The first-order chi connectivity index (χ1) is 7.93. The van der Waals surface area contributed by atoms with Crippen LogP contribution in [0.15, 0.2) is 12.4 Å². The monoisotopic (exact) mass is 218 g/mol. The van der Waals surface area contributed by atoms with Crippen LogP contribution in [0.4, 0.5) is 5.82 Å². The van der Waals surface area contributed by atoms with Crippen molar-refractivity contribution in [1.29, 1.82) is 0 Å². The smallest absolute Gasteiger partial charge is 0.147 e. The van der Waals surface area contributed by atoms with E-state index in [1.54, 1.807) is 0 Å². The van der Waals surface area contributed by atoms with E-state index in [9.17, 15) is 0 Å². The van der Waals surface area contributed by atoms with Gasteiger partial charge in [-0.3, -0.25) is 4.98 Å². The van der Waals surface area contributed by atoms with Crippen LogP contribution in [-0.4, -0.2) is 29.6 Å². The molecule has 0 bridgehead atoms. The number of rotatable bonds is 2. The zero-order valence-corrected chi connectivity index (χ0v) is 9.52. The Morgan fingerprint density at radius 2 is 2.06 bits per heavy atom. The fourth-order valence-corrected chi connectivity index (χ4v) is 2.57. The zero-order chi connectivity index (χ0) is 10.8. The van der Waals surface area contributed by atoms with Gasteiger partial charge in [0.05, 0.1) is 24.1 Å². The van der Waals surface area contributed by atoms with Gasteiger partial charge in [0.15, 0.2) is 0 Å². The summed E-state index contributed by atoms with van der Waals surface area (Å²) in [4.78, 5) is 11.4. The van der Waals surface area contributed by atoms with Crippen LogP contribution in [0, 0.1) is 0 Å². The average Bonchev–Trinajstić information content (AvgIpc) is 3.03. The number of nitrogens with zero attached hydrogens (tertiary/aromatic N) is 3. The van der Waals surface area contributed by atoms with Gasteiger partial charge in [0.25, 0.3) is 0 Å². The molecule has 0 aliphatic carbocycles. The second-order valence-corrected chi connectivity index (χ2v) is 4.65. The molecule has 0 amide bonds. The lowest BCUT2D eigenvalue weighted by Crippen LogP contribution is -2.21. The molecule has 3 rings (SSSR count). The second kappa shape index (κ2) is 4.37. The van der Waals surface area contributed by atoms with Gasteiger partial charge in [-0.25, -0.2) is 4.98 Å². The Labute approximate surface area is 96.1 Å². The van der Waals surface area contributed by atoms with E-state index in [4.69, 9.17) is 4.98 Å². The quantitative estimate of drug-likeness (QED) is 0.816. The highest BCUT2D eigenvalue weighted by Gasteiger charge is 2.20. The lowest BCUT2D eigenvalue weighted by atomic mass is 10.2. The third kappa shape index (κ3) is 1.89. The second-order valence-electron chi connectivity index (χ2n) is 4.65. The molecule has 0 aromatic carbocycles. The Balaban J connectivity index is 1.81. The molecule has 1 N–H and O–H groups in total. The maximum absolute atomic E-state index is 4.74. The van der Waals surface area contributed by atoms with E-state index in [0.29, 0.717) is 6.04 Å². The van der Waals surface area contributed by atoms with E-state index in [-0.39, 0.29) is 0 Å². The zero-order valence-electron chi connectivity index (χ0n) is 9.52. The van der Waals surface area contributed by atoms with Crippen LogP contribution in [0.3, 0.4) is 0 Å². The maximum Gasteiger partial charge on any atom is 0.147 e. The van der Waals surface area contributed by atoms with Gasteiger partial charge in [-0.1, -0.05) is 0 Å². The Morgan fingerprint density at radius 3 is 2.81 bits per heavy atom. The third-order valence-corrected chi connectivity index (χ3v) is 3.49. The normalized spacial score (nSPS) is 25.2. The lowest BCUT2D eigenvalue weighted by Gasteiger charge is -2.17. The first kappa shape index (κ1) is 10.0. The molecule has 2 fully saturated rings. The Kier molecular flexibility index (Phi) is 2.74. The van der Waals surface area contributed by atoms with Gasteiger partial charge in [0.1, 0.15) is 5.82 Å². The number of anilines is 1. The van der Waals surface area contributed by atoms with Crippen LogP contribution in [0.1, 0.15) is 37.4 Å². The SMILES string of the molecule is c1ncc(N2CCCC2)nc1C1CCCN1. The molecule has 4 heteroatoms. The van der Waals surface area contributed by atoms with Crippen molar-refractivity contribution in [1.82, 2.24) is 15.3 Å². The topological polar surface area (TPSA) is 41.1 Å². The minimum atomic E-state index is 0.426. The van der Waals surface area contributed by atoms with Crippen molar-refractivity contribution in [3.63, 3.8) is 0 Å². The molecule has 0 radical (unpaired) electrons. The van der Waals surface area contributed by atoms with Crippen molar-refractivity contribution in [2.45, 2.75) is 31.7 Å². The highest BCUT2D eigenvalue weighted by Crippen LogP contribution is 2.23. The predicted molar refractivity (Wildman–Crippen MR) is 63.5 cm³/mol. The van der Waals surface area contributed by atoms with Crippen molar-refractivity contribution < 1.29 is 0 Å². The first-order valence-electron chi connectivity index (χ1n) is 6.24. The molecule has 4 nitrogen and oxygen atoms in total. The van der Waals surface area contributed by atoms with E-state index in [1.807, 2.05) is 12.4 Å². The van der Waals surface area contributed by atoms with Crippen LogP contribution in [0.5, 0.6) is 0 Å². The molecule has 16 heavy (non-hydrogen) atoms. The van der Waals surface area contributed by atoms with Crippen LogP contribution in [0.25, 0.3) is 0 Å². The summed E-state index contributed by atoms with van der Waals surface area (Å²) in [5, 5.41) is 3.47. The maximum atomic E-state index is 4.74. The van der Waals surface area contributed by atoms with Crippen LogP contribution >= 0.6 is 0 Å². The largest absolute Gasteiger partial charge is 0.355 e. The fraction of sp³-hybridized carbons (Fsp3) is 0.667. The highest BCUT2D eigenvalue weighted by molar-refractivity contribution is 5.37. The van der Waals surface area contributed by atoms with Gasteiger partial charge in [-0.05, 0) is 32.2 Å². The Bertz CT molecular complexity index is 323. The fourth-order valence-electron chi connectivity index (χ4n) is 2.57. The van der Waals surface area contributed by atoms with E-state index in [1.165, 1.54) is 25.7 Å². The van der Waals surface area contributed by atoms with E-state index in [2.05, 4.69) is 15.2 Å². The average molecular weight is 218 g/mol. The standard InChI is InChI=1S/C12H18N4/c1-2-7-16(6-1)12-9-13-8-11(15-12)10-4-3-5-14-10/h8-10,14H,1-7H2. The summed E-state index contributed by atoms with van der Waals surface area (Å²) in [5.74, 6) is 1.06. The Morgan fingerprint density at radius 1 is 1.19 bits per heavy atom. The van der Waals surface area contributed by atoms with Crippen molar-refractivity contribution in [3.8, 4) is 0 Å². The molecule has 2 aliphatic rings. The van der Waals surface area contributed by atoms with Crippen molar-refractivity contribution in [2.75, 3.05) is 24.5 Å². The van der Waals surface area contributed by atoms with E-state index >= 15 is 0 Å². The highest BCUT2D eigenvalue weighted by atomic mass is 15.2. The first-order valence-corrected chi connectivity index (χ1v) is 6.24. The molecule has 1 unspecified atom stereocenters. The lowest BCUT2D eigenvalue weighted by molar-refractivity contribution is 0.623. The van der Waals surface area contributed by atoms with Crippen LogP contribution in [0.2, 0.25) is 0 Å². The third-order valence-electron chi connectivity index (χ3n) is 3.49. The van der Waals surface area contributed by atoms with E-state index in [0.717, 1.165) is 31.1 Å². The minimum absolute atomic E-state index is 0.426. The summed E-state index contributed by atoms with van der Waals surface area (Å²) in [5.41, 5.74) is 1.11. The molecule has 2 aliphatic heterocycles. The molecule has 1 atom stereocenters. The number of aromatic nitrogens is 2. The van der Waals surface area contributed by atoms with Crippen LogP contribution < -0.4 is 10.2 Å². The summed E-state index contributed by atoms with van der Waals surface area (Å²) >= 11 is 0. The number of hydrogen-bond acceptors (Lipinski definition) is 4. The molecule has 3 heterocycles. The van der Waals surface area contributed by atoms with Crippen molar-refractivity contribution in [2.24, 2.45) is 0 Å². The summed E-state index contributed by atoms with van der Waals surface area (Å²) < 4.78 is 0. The summed E-state index contributed by atoms with van der Waals surface area (Å²) in [7, 11) is 0. The molecular weight excluding hydrogens is 200 g/mol. The summed E-state index contributed by atoms with van der Waals surface area (Å²) in [6.07, 6.45) is 8.81. The van der Waals surface area contributed by atoms with Gasteiger partial charge < -0.3 is 10.2 Å². The van der Waals surface area contributed by atoms with Gasteiger partial charge in [0.2, 0.25) is 0 Å². The van der Waals surface area contributed by atoms with Gasteiger partial charge >= 0.3 is 0 Å². The minimum Gasteiger partial charge on any atom is -0.355 e. The van der Waals surface area contributed by atoms with Crippen molar-refractivity contribution in [3.05, 3.63) is 18.1 Å². The molecular formula is C12H18N4. The number of nitrogens with one attached hydrogen (secondary N) is 1. The summed E-state index contributed by atoms with van der Waals surface area (Å²) in [6, 6.07) is 0.426. The van der Waals surface area contributed by atoms with Gasteiger partial charge in [-0.2, -0.15) is 0 Å². The Hall–Kier alpha value is -1.16. The molecule has 2 saturated heterocycles. The predicted octanol–water partition coefficient (Wildman–Crippen LogP) is 1.50.